The van der Waals surface area contributed by atoms with Crippen molar-refractivity contribution in [1.82, 2.24) is 4.57 Å². The van der Waals surface area contributed by atoms with E-state index in [2.05, 4.69) is 5.32 Å². The van der Waals surface area contributed by atoms with Crippen LogP contribution in [0.5, 0.6) is 0 Å². The van der Waals surface area contributed by atoms with Crippen LogP contribution in [0.1, 0.15) is 15.9 Å². The largest absolute Gasteiger partial charge is 0.337 e. The van der Waals surface area contributed by atoms with Gasteiger partial charge in [-0.3, -0.25) is 9.59 Å². The van der Waals surface area contributed by atoms with Crippen molar-refractivity contribution in [1.29, 1.82) is 0 Å². The van der Waals surface area contributed by atoms with Gasteiger partial charge in [-0.15, -0.1) is 0 Å². The average molecular weight is 310 g/mol. The number of nitrogens with one attached hydrogen (secondary N) is 1. The first-order chi connectivity index (χ1) is 11.1. The molecule has 0 fully saturated rings. The maximum atomic E-state index is 13.1. The number of rotatable bonds is 4. The molecule has 1 heterocycles. The van der Waals surface area contributed by atoms with Crippen molar-refractivity contribution in [3.63, 3.8) is 0 Å². The number of fused-ring (bicyclic) bond motifs is 1. The number of nitrogens with zero attached hydrogens (tertiary/aromatic N) is 1. The average Bonchev–Trinajstić information content (AvgIpc) is 2.88. The van der Waals surface area contributed by atoms with Gasteiger partial charge in [-0.25, -0.2) is 4.39 Å². The smallest absolute Gasteiger partial charge is 0.244 e. The van der Waals surface area contributed by atoms with Crippen LogP contribution in [0.15, 0.2) is 48.7 Å². The second-order valence-electron chi connectivity index (χ2n) is 5.35. The third kappa shape index (κ3) is 2.99. The van der Waals surface area contributed by atoms with Crippen molar-refractivity contribution in [3.05, 3.63) is 65.6 Å². The van der Waals surface area contributed by atoms with Gasteiger partial charge in [0.25, 0.3) is 0 Å². The number of aryl methyl sites for hydroxylation is 1. The maximum absolute atomic E-state index is 13.1. The molecule has 0 spiro atoms. The minimum absolute atomic E-state index is 0.0746. The highest BCUT2D eigenvalue weighted by Gasteiger charge is 2.11. The van der Waals surface area contributed by atoms with E-state index in [4.69, 9.17) is 0 Å². The number of hydrogen-bond acceptors (Lipinski definition) is 2. The van der Waals surface area contributed by atoms with Crippen LogP contribution >= 0.6 is 0 Å². The third-order valence-electron chi connectivity index (χ3n) is 3.72. The van der Waals surface area contributed by atoms with Gasteiger partial charge in [0, 0.05) is 28.4 Å². The molecule has 2 aromatic carbocycles. The van der Waals surface area contributed by atoms with E-state index in [9.17, 15) is 14.0 Å². The lowest BCUT2D eigenvalue weighted by Crippen LogP contribution is -2.18. The third-order valence-corrected chi connectivity index (χ3v) is 3.72. The molecular weight excluding hydrogens is 295 g/mol. The summed E-state index contributed by atoms with van der Waals surface area (Å²) in [5.41, 5.74) is 2.60. The maximum Gasteiger partial charge on any atom is 0.244 e. The van der Waals surface area contributed by atoms with Crippen LogP contribution in [-0.2, 0) is 11.3 Å². The molecule has 5 heteroatoms. The van der Waals surface area contributed by atoms with Crippen LogP contribution in [-0.4, -0.2) is 16.8 Å². The van der Waals surface area contributed by atoms with Crippen molar-refractivity contribution >= 4 is 28.8 Å². The minimum atomic E-state index is -0.340. The lowest BCUT2D eigenvalue weighted by Gasteiger charge is -2.09. The Bertz CT molecular complexity index is 899. The lowest BCUT2D eigenvalue weighted by molar-refractivity contribution is -0.116. The molecule has 1 aromatic heterocycles. The fourth-order valence-electron chi connectivity index (χ4n) is 2.61. The zero-order valence-electron chi connectivity index (χ0n) is 12.5. The van der Waals surface area contributed by atoms with E-state index in [1.807, 2.05) is 24.3 Å². The zero-order chi connectivity index (χ0) is 16.4. The van der Waals surface area contributed by atoms with Crippen LogP contribution in [0.25, 0.3) is 10.9 Å². The van der Waals surface area contributed by atoms with Gasteiger partial charge >= 0.3 is 0 Å². The summed E-state index contributed by atoms with van der Waals surface area (Å²) < 4.78 is 14.8. The quantitative estimate of drug-likeness (QED) is 0.749. The number of benzene rings is 2. The highest BCUT2D eigenvalue weighted by atomic mass is 19.1. The molecule has 0 aliphatic carbocycles. The standard InChI is InChI=1S/C18H15FN2O2/c1-12-8-14(19)6-7-16(12)20-18(23)10-21-9-13(11-22)15-4-2-3-5-17(15)21/h2-9,11H,10H2,1H3,(H,20,23). The predicted octanol–water partition coefficient (Wildman–Crippen LogP) is 3.54. The van der Waals surface area contributed by atoms with E-state index < -0.39 is 0 Å². The van der Waals surface area contributed by atoms with Gasteiger partial charge in [0.15, 0.2) is 6.29 Å². The Kier molecular flexibility index (Phi) is 3.93. The van der Waals surface area contributed by atoms with Gasteiger partial charge in [0.05, 0.1) is 0 Å². The summed E-state index contributed by atoms with van der Waals surface area (Å²) >= 11 is 0. The molecule has 23 heavy (non-hydrogen) atoms. The Labute approximate surface area is 132 Å². The van der Waals surface area contributed by atoms with Crippen LogP contribution in [0, 0.1) is 12.7 Å². The van der Waals surface area contributed by atoms with Crippen molar-refractivity contribution in [2.24, 2.45) is 0 Å². The lowest BCUT2D eigenvalue weighted by atomic mass is 10.2. The molecule has 0 unspecified atom stereocenters. The molecule has 1 N–H and O–H groups in total. The molecule has 3 aromatic rings. The van der Waals surface area contributed by atoms with E-state index >= 15 is 0 Å². The van der Waals surface area contributed by atoms with Gasteiger partial charge in [-0.2, -0.15) is 0 Å². The highest BCUT2D eigenvalue weighted by molar-refractivity contribution is 5.99. The molecule has 0 radical (unpaired) electrons. The van der Waals surface area contributed by atoms with Crippen molar-refractivity contribution in [2.75, 3.05) is 5.32 Å². The van der Waals surface area contributed by atoms with Crippen molar-refractivity contribution in [2.45, 2.75) is 13.5 Å². The molecule has 0 aliphatic heterocycles. The topological polar surface area (TPSA) is 51.1 Å². The molecule has 4 nitrogen and oxygen atoms in total. The highest BCUT2D eigenvalue weighted by Crippen LogP contribution is 2.20. The monoisotopic (exact) mass is 310 g/mol. The molecule has 0 atom stereocenters. The summed E-state index contributed by atoms with van der Waals surface area (Å²) in [5.74, 6) is -0.578. The molecule has 0 saturated heterocycles. The number of carbonyl (C=O) groups is 2. The van der Waals surface area contributed by atoms with E-state index in [1.54, 1.807) is 17.7 Å². The molecule has 0 aliphatic rings. The van der Waals surface area contributed by atoms with Crippen LogP contribution < -0.4 is 5.32 Å². The molecule has 1 amide bonds. The number of halogens is 1. The van der Waals surface area contributed by atoms with Crippen LogP contribution in [0.2, 0.25) is 0 Å². The van der Waals surface area contributed by atoms with Gasteiger partial charge in [0.1, 0.15) is 12.4 Å². The Morgan fingerprint density at radius 1 is 1.26 bits per heavy atom. The summed E-state index contributed by atoms with van der Waals surface area (Å²) in [4.78, 5) is 23.4. The van der Waals surface area contributed by atoms with Crippen LogP contribution in [0.4, 0.5) is 10.1 Å². The summed E-state index contributed by atoms with van der Waals surface area (Å²) in [6.45, 7) is 1.80. The summed E-state index contributed by atoms with van der Waals surface area (Å²) in [7, 11) is 0. The van der Waals surface area contributed by atoms with Crippen LogP contribution in [0.3, 0.4) is 0 Å². The van der Waals surface area contributed by atoms with E-state index in [0.29, 0.717) is 16.8 Å². The van der Waals surface area contributed by atoms with Crippen molar-refractivity contribution in [3.8, 4) is 0 Å². The normalized spacial score (nSPS) is 10.7. The second kappa shape index (κ2) is 6.04. The first kappa shape index (κ1) is 15.0. The Morgan fingerprint density at radius 2 is 2.04 bits per heavy atom. The zero-order valence-corrected chi connectivity index (χ0v) is 12.5. The van der Waals surface area contributed by atoms with Gasteiger partial charge < -0.3 is 9.88 Å². The Balaban J connectivity index is 1.84. The van der Waals surface area contributed by atoms with Crippen molar-refractivity contribution < 1.29 is 14.0 Å². The molecule has 0 saturated carbocycles. The first-order valence-electron chi connectivity index (χ1n) is 7.17. The molecule has 3 rings (SSSR count). The van der Waals surface area contributed by atoms with E-state index in [-0.39, 0.29) is 18.3 Å². The molecule has 0 bridgehead atoms. The number of amides is 1. The summed E-state index contributed by atoms with van der Waals surface area (Å²) in [5, 5.41) is 3.58. The summed E-state index contributed by atoms with van der Waals surface area (Å²) in [6, 6.07) is 11.6. The fourth-order valence-corrected chi connectivity index (χ4v) is 2.61. The Hall–Kier alpha value is -2.95. The number of para-hydroxylation sites is 1. The first-order valence-corrected chi connectivity index (χ1v) is 7.17. The fraction of sp³-hybridized carbons (Fsp3) is 0.111. The number of anilines is 1. The van der Waals surface area contributed by atoms with E-state index in [1.165, 1.54) is 18.2 Å². The number of hydrogen-bond donors (Lipinski definition) is 1. The minimum Gasteiger partial charge on any atom is -0.337 e. The number of carbonyl (C=O) groups excluding carboxylic acids is 2. The van der Waals surface area contributed by atoms with E-state index in [0.717, 1.165) is 17.2 Å². The predicted molar refractivity (Wildman–Crippen MR) is 87.1 cm³/mol. The van der Waals surface area contributed by atoms with Gasteiger partial charge in [-0.05, 0) is 36.8 Å². The number of aromatic nitrogens is 1. The Morgan fingerprint density at radius 3 is 2.78 bits per heavy atom. The number of aldehydes is 1. The molecule has 116 valence electrons. The SMILES string of the molecule is Cc1cc(F)ccc1NC(=O)Cn1cc(C=O)c2ccccc21. The van der Waals surface area contributed by atoms with Gasteiger partial charge in [0.2, 0.25) is 5.91 Å². The second-order valence-corrected chi connectivity index (χ2v) is 5.35. The molecular formula is C18H15FN2O2. The van der Waals surface area contributed by atoms with Gasteiger partial charge in [-0.1, -0.05) is 18.2 Å². The summed E-state index contributed by atoms with van der Waals surface area (Å²) in [6.07, 6.45) is 2.44.